The fourth-order valence-electron chi connectivity index (χ4n) is 3.10. The van der Waals surface area contributed by atoms with Gasteiger partial charge in [0.1, 0.15) is 19.0 Å². The van der Waals surface area contributed by atoms with Crippen molar-refractivity contribution in [3.8, 4) is 5.75 Å². The van der Waals surface area contributed by atoms with Crippen LogP contribution in [0.3, 0.4) is 0 Å². The molecule has 0 aliphatic carbocycles. The molecule has 0 bridgehead atoms. The summed E-state index contributed by atoms with van der Waals surface area (Å²) in [6, 6.07) is 17.0. The smallest absolute Gasteiger partial charge is 0.321 e. The number of esters is 1. The number of hydrogen-bond acceptors (Lipinski definition) is 4. The molecular formula is C22H26N2O4. The number of carbonyl (C=O) groups is 2. The van der Waals surface area contributed by atoms with Gasteiger partial charge in [0.25, 0.3) is 0 Å². The van der Waals surface area contributed by atoms with E-state index < -0.39 is 0 Å². The van der Waals surface area contributed by atoms with Crippen LogP contribution in [0.15, 0.2) is 54.6 Å². The summed E-state index contributed by atoms with van der Waals surface area (Å²) in [5.74, 6) is 0.384. The molecule has 0 aromatic heterocycles. The Bertz CT molecular complexity index is 769. The Morgan fingerprint density at radius 3 is 2.36 bits per heavy atom. The van der Waals surface area contributed by atoms with E-state index in [1.54, 1.807) is 4.90 Å². The summed E-state index contributed by atoms with van der Waals surface area (Å²) in [7, 11) is 0. The molecule has 0 saturated carbocycles. The van der Waals surface area contributed by atoms with E-state index >= 15 is 0 Å². The standard InChI is InChI=1S/C22H26N2O4/c1-17-7-9-20(10-8-17)27-15-16-28-21(25)18-11-13-24(14-12-18)22(26)23-19-5-3-2-4-6-19/h2-10,18H,11-16H2,1H3,(H,23,26). The van der Waals surface area contributed by atoms with Gasteiger partial charge in [-0.25, -0.2) is 4.79 Å². The molecule has 1 heterocycles. The van der Waals surface area contributed by atoms with Crippen molar-refractivity contribution >= 4 is 17.7 Å². The highest BCUT2D eigenvalue weighted by Gasteiger charge is 2.28. The number of ether oxygens (including phenoxy) is 2. The monoisotopic (exact) mass is 382 g/mol. The van der Waals surface area contributed by atoms with Crippen LogP contribution in [0.25, 0.3) is 0 Å². The number of amides is 2. The van der Waals surface area contributed by atoms with Gasteiger partial charge in [-0.3, -0.25) is 4.79 Å². The normalized spacial score (nSPS) is 14.4. The maximum absolute atomic E-state index is 12.3. The third kappa shape index (κ3) is 5.74. The molecule has 6 nitrogen and oxygen atoms in total. The lowest BCUT2D eigenvalue weighted by Crippen LogP contribution is -2.42. The van der Waals surface area contributed by atoms with Crippen molar-refractivity contribution in [1.82, 2.24) is 4.90 Å². The summed E-state index contributed by atoms with van der Waals surface area (Å²) in [5, 5.41) is 2.87. The van der Waals surface area contributed by atoms with Crippen molar-refractivity contribution in [3.05, 3.63) is 60.2 Å². The zero-order valence-electron chi connectivity index (χ0n) is 16.1. The van der Waals surface area contributed by atoms with E-state index in [4.69, 9.17) is 9.47 Å². The largest absolute Gasteiger partial charge is 0.490 e. The third-order valence-electron chi connectivity index (χ3n) is 4.76. The van der Waals surface area contributed by atoms with Gasteiger partial charge in [0.15, 0.2) is 0 Å². The minimum absolute atomic E-state index is 0.135. The van der Waals surface area contributed by atoms with Crippen molar-refractivity contribution in [2.45, 2.75) is 19.8 Å². The zero-order chi connectivity index (χ0) is 19.8. The molecule has 28 heavy (non-hydrogen) atoms. The van der Waals surface area contributed by atoms with E-state index in [1.807, 2.05) is 61.5 Å². The second-order valence-corrected chi connectivity index (χ2v) is 6.89. The quantitative estimate of drug-likeness (QED) is 0.608. The number of aryl methyl sites for hydroxylation is 1. The Morgan fingerprint density at radius 2 is 1.68 bits per heavy atom. The second kappa shape index (κ2) is 9.78. The van der Waals surface area contributed by atoms with Crippen LogP contribution < -0.4 is 10.1 Å². The first-order valence-corrected chi connectivity index (χ1v) is 9.59. The first kappa shape index (κ1) is 19.7. The average molecular weight is 382 g/mol. The number of rotatable bonds is 6. The topological polar surface area (TPSA) is 67.9 Å². The molecule has 0 radical (unpaired) electrons. The minimum Gasteiger partial charge on any atom is -0.490 e. The molecule has 2 amide bonds. The van der Waals surface area contributed by atoms with E-state index in [9.17, 15) is 9.59 Å². The number of para-hydroxylation sites is 1. The van der Waals surface area contributed by atoms with Crippen LogP contribution in [0, 0.1) is 12.8 Å². The predicted octanol–water partition coefficient (Wildman–Crippen LogP) is 3.86. The molecule has 6 heteroatoms. The molecule has 1 fully saturated rings. The molecule has 1 aliphatic rings. The van der Waals surface area contributed by atoms with Gasteiger partial charge < -0.3 is 19.7 Å². The summed E-state index contributed by atoms with van der Waals surface area (Å²) in [4.78, 5) is 26.3. The Labute approximate surface area is 165 Å². The van der Waals surface area contributed by atoms with Crippen LogP contribution in [0.4, 0.5) is 10.5 Å². The summed E-state index contributed by atoms with van der Waals surface area (Å²) in [6.45, 7) is 3.65. The Morgan fingerprint density at radius 1 is 1.00 bits per heavy atom. The van der Waals surface area contributed by atoms with Gasteiger partial charge in [-0.1, -0.05) is 35.9 Å². The number of urea groups is 1. The van der Waals surface area contributed by atoms with E-state index in [1.165, 1.54) is 5.56 Å². The molecule has 0 unspecified atom stereocenters. The lowest BCUT2D eigenvalue weighted by atomic mass is 9.97. The molecule has 1 N–H and O–H groups in total. The van der Waals surface area contributed by atoms with Crippen LogP contribution in [0.5, 0.6) is 5.75 Å². The fraction of sp³-hybridized carbons (Fsp3) is 0.364. The Balaban J connectivity index is 1.34. The number of anilines is 1. The fourth-order valence-corrected chi connectivity index (χ4v) is 3.10. The van der Waals surface area contributed by atoms with Crippen LogP contribution in [0.1, 0.15) is 18.4 Å². The summed E-state index contributed by atoms with van der Waals surface area (Å²) >= 11 is 0. The number of carbonyl (C=O) groups excluding carboxylic acids is 2. The van der Waals surface area contributed by atoms with Crippen LogP contribution >= 0.6 is 0 Å². The summed E-state index contributed by atoms with van der Waals surface area (Å²) in [6.07, 6.45) is 1.22. The molecule has 0 atom stereocenters. The SMILES string of the molecule is Cc1ccc(OCCOC(=O)C2CCN(C(=O)Nc3ccccc3)CC2)cc1. The van der Waals surface area contributed by atoms with E-state index in [0.29, 0.717) is 32.5 Å². The molecule has 1 aliphatic heterocycles. The van der Waals surface area contributed by atoms with Crippen molar-refractivity contribution in [2.24, 2.45) is 5.92 Å². The van der Waals surface area contributed by atoms with Crippen LogP contribution in [0.2, 0.25) is 0 Å². The average Bonchev–Trinajstić information content (AvgIpc) is 2.73. The van der Waals surface area contributed by atoms with Crippen LogP contribution in [-0.2, 0) is 9.53 Å². The van der Waals surface area contributed by atoms with Gasteiger partial charge in [0.05, 0.1) is 5.92 Å². The minimum atomic E-state index is -0.212. The number of hydrogen-bond donors (Lipinski definition) is 1. The highest BCUT2D eigenvalue weighted by atomic mass is 16.6. The van der Waals surface area contributed by atoms with Crippen molar-refractivity contribution < 1.29 is 19.1 Å². The molecule has 1 saturated heterocycles. The Kier molecular flexibility index (Phi) is 6.89. The molecule has 148 valence electrons. The van der Waals surface area contributed by atoms with E-state index in [-0.39, 0.29) is 24.5 Å². The number of nitrogens with one attached hydrogen (secondary N) is 1. The third-order valence-corrected chi connectivity index (χ3v) is 4.76. The number of nitrogens with zero attached hydrogens (tertiary/aromatic N) is 1. The van der Waals surface area contributed by atoms with Gasteiger partial charge in [0, 0.05) is 18.8 Å². The van der Waals surface area contributed by atoms with E-state index in [0.717, 1.165) is 11.4 Å². The maximum Gasteiger partial charge on any atom is 0.321 e. The highest BCUT2D eigenvalue weighted by molar-refractivity contribution is 5.89. The number of likely N-dealkylation sites (tertiary alicyclic amines) is 1. The van der Waals surface area contributed by atoms with Crippen molar-refractivity contribution in [1.29, 1.82) is 0 Å². The van der Waals surface area contributed by atoms with Gasteiger partial charge in [0.2, 0.25) is 0 Å². The molecule has 0 spiro atoms. The lowest BCUT2D eigenvalue weighted by molar-refractivity contribution is -0.150. The van der Waals surface area contributed by atoms with Gasteiger partial charge >= 0.3 is 12.0 Å². The van der Waals surface area contributed by atoms with Crippen LogP contribution in [-0.4, -0.2) is 43.2 Å². The highest BCUT2D eigenvalue weighted by Crippen LogP contribution is 2.20. The zero-order valence-corrected chi connectivity index (χ0v) is 16.1. The first-order valence-electron chi connectivity index (χ1n) is 9.59. The summed E-state index contributed by atoms with van der Waals surface area (Å²) in [5.41, 5.74) is 1.94. The predicted molar refractivity (Wildman–Crippen MR) is 107 cm³/mol. The van der Waals surface area contributed by atoms with E-state index in [2.05, 4.69) is 5.32 Å². The van der Waals surface area contributed by atoms with Gasteiger partial charge in [-0.2, -0.15) is 0 Å². The Hall–Kier alpha value is -3.02. The van der Waals surface area contributed by atoms with Crippen molar-refractivity contribution in [3.63, 3.8) is 0 Å². The molecule has 3 rings (SSSR count). The molecule has 2 aromatic rings. The van der Waals surface area contributed by atoms with Gasteiger partial charge in [-0.15, -0.1) is 0 Å². The van der Waals surface area contributed by atoms with Crippen molar-refractivity contribution in [2.75, 3.05) is 31.6 Å². The first-order chi connectivity index (χ1) is 13.6. The maximum atomic E-state index is 12.3. The second-order valence-electron chi connectivity index (χ2n) is 6.89. The molecular weight excluding hydrogens is 356 g/mol. The number of benzene rings is 2. The summed E-state index contributed by atoms with van der Waals surface area (Å²) < 4.78 is 10.9. The lowest BCUT2D eigenvalue weighted by Gasteiger charge is -2.31. The number of piperidine rings is 1. The van der Waals surface area contributed by atoms with Gasteiger partial charge in [-0.05, 0) is 44.0 Å². The molecule has 2 aromatic carbocycles.